The van der Waals surface area contributed by atoms with Gasteiger partial charge in [0.25, 0.3) is 0 Å². The van der Waals surface area contributed by atoms with Gasteiger partial charge < -0.3 is 10.0 Å². The number of hydrogen-bond acceptors (Lipinski definition) is 2. The normalized spacial score (nSPS) is 14.7. The van der Waals surface area contributed by atoms with Crippen molar-refractivity contribution in [2.75, 3.05) is 6.54 Å². The van der Waals surface area contributed by atoms with Gasteiger partial charge in [0.2, 0.25) is 5.91 Å². The lowest BCUT2D eigenvalue weighted by Gasteiger charge is -2.27. The minimum atomic E-state index is -4.75. The number of amides is 1. The van der Waals surface area contributed by atoms with Crippen molar-refractivity contribution >= 4 is 21.8 Å². The number of benzene rings is 1. The van der Waals surface area contributed by atoms with Gasteiger partial charge in [-0.15, -0.1) is 0 Å². The summed E-state index contributed by atoms with van der Waals surface area (Å²) in [4.78, 5) is 12.3. The average molecular weight is 354 g/mol. The fourth-order valence-electron chi connectivity index (χ4n) is 1.60. The fraction of sp³-hybridized carbons (Fsp3) is 0.462. The third kappa shape index (κ3) is 5.13. The van der Waals surface area contributed by atoms with E-state index in [2.05, 4.69) is 15.9 Å². The summed E-state index contributed by atoms with van der Waals surface area (Å²) in [7, 11) is 0. The van der Waals surface area contributed by atoms with Gasteiger partial charge in [0.05, 0.1) is 11.4 Å². The lowest BCUT2D eigenvalue weighted by Crippen LogP contribution is -2.45. The summed E-state index contributed by atoms with van der Waals surface area (Å²) in [6, 6.07) is 8.65. The van der Waals surface area contributed by atoms with Gasteiger partial charge in [-0.3, -0.25) is 4.79 Å². The second-order valence-corrected chi connectivity index (χ2v) is 5.75. The summed E-state index contributed by atoms with van der Waals surface area (Å²) < 4.78 is 37.2. The molecule has 0 aliphatic rings. The Labute approximate surface area is 123 Å². The summed E-state index contributed by atoms with van der Waals surface area (Å²) in [6.07, 6.45) is -7.30. The van der Waals surface area contributed by atoms with E-state index in [9.17, 15) is 18.0 Å². The minimum absolute atomic E-state index is 0.0166. The van der Waals surface area contributed by atoms with E-state index >= 15 is 0 Å². The van der Waals surface area contributed by atoms with Crippen molar-refractivity contribution in [2.24, 2.45) is 0 Å². The molecule has 1 aromatic carbocycles. The Morgan fingerprint density at radius 1 is 1.35 bits per heavy atom. The van der Waals surface area contributed by atoms with Crippen LogP contribution in [0.25, 0.3) is 0 Å². The molecule has 0 aliphatic carbocycles. The monoisotopic (exact) mass is 353 g/mol. The first kappa shape index (κ1) is 17.0. The largest absolute Gasteiger partial charge is 0.416 e. The lowest BCUT2D eigenvalue weighted by molar-refractivity contribution is -0.208. The topological polar surface area (TPSA) is 40.5 Å². The molecule has 20 heavy (non-hydrogen) atoms. The van der Waals surface area contributed by atoms with E-state index in [4.69, 9.17) is 5.11 Å². The van der Waals surface area contributed by atoms with Gasteiger partial charge in [-0.05, 0) is 12.5 Å². The second-order valence-electron chi connectivity index (χ2n) is 4.38. The molecule has 0 radical (unpaired) electrons. The Morgan fingerprint density at radius 3 is 2.35 bits per heavy atom. The predicted molar refractivity (Wildman–Crippen MR) is 72.3 cm³/mol. The highest BCUT2D eigenvalue weighted by Gasteiger charge is 2.40. The number of aliphatic hydroxyl groups is 1. The molecule has 0 aromatic heterocycles. The summed E-state index contributed by atoms with van der Waals surface area (Å²) in [5, 5.41) is 9.13. The van der Waals surface area contributed by atoms with Crippen LogP contribution in [0.15, 0.2) is 30.3 Å². The fourth-order valence-corrected chi connectivity index (χ4v) is 1.89. The van der Waals surface area contributed by atoms with Crippen molar-refractivity contribution in [1.82, 2.24) is 4.90 Å². The summed E-state index contributed by atoms with van der Waals surface area (Å²) in [5.41, 5.74) is 0.698. The summed E-state index contributed by atoms with van der Waals surface area (Å²) in [6.45, 7) is 0.760. The third-order valence-electron chi connectivity index (χ3n) is 2.64. The molecule has 7 heteroatoms. The van der Waals surface area contributed by atoms with Gasteiger partial charge in [-0.1, -0.05) is 46.3 Å². The zero-order chi connectivity index (χ0) is 15.3. The van der Waals surface area contributed by atoms with Gasteiger partial charge in [-0.2, -0.15) is 13.2 Å². The Bertz CT molecular complexity index is 437. The highest BCUT2D eigenvalue weighted by atomic mass is 79.9. The standard InChI is InChI=1S/C13H15BrF3NO2/c1-9(14)12(20)18(8-11(19)13(15,16)17)7-10-5-3-2-4-6-10/h2-6,9,11,19H,7-8H2,1H3. The molecule has 3 nitrogen and oxygen atoms in total. The van der Waals surface area contributed by atoms with Crippen LogP contribution in [0.5, 0.6) is 0 Å². The van der Waals surface area contributed by atoms with Crippen molar-refractivity contribution in [3.63, 3.8) is 0 Å². The number of nitrogens with zero attached hydrogens (tertiary/aromatic N) is 1. The quantitative estimate of drug-likeness (QED) is 0.827. The molecule has 0 fully saturated rings. The van der Waals surface area contributed by atoms with Crippen LogP contribution in [-0.2, 0) is 11.3 Å². The van der Waals surface area contributed by atoms with Gasteiger partial charge in [0, 0.05) is 6.54 Å². The maximum atomic E-state index is 12.4. The molecular formula is C13H15BrF3NO2. The number of carbonyl (C=O) groups is 1. The van der Waals surface area contributed by atoms with E-state index in [0.29, 0.717) is 5.56 Å². The molecule has 1 aromatic rings. The number of carbonyl (C=O) groups excluding carboxylic acids is 1. The first-order valence-corrected chi connectivity index (χ1v) is 6.85. The second kappa shape index (κ2) is 7.08. The van der Waals surface area contributed by atoms with Crippen LogP contribution in [0.4, 0.5) is 13.2 Å². The number of halogens is 4. The third-order valence-corrected chi connectivity index (χ3v) is 3.03. The van der Waals surface area contributed by atoms with Crippen LogP contribution < -0.4 is 0 Å². The van der Waals surface area contributed by atoms with Gasteiger partial charge in [-0.25, -0.2) is 0 Å². The van der Waals surface area contributed by atoms with Gasteiger partial charge in [0.1, 0.15) is 0 Å². The molecular weight excluding hydrogens is 339 g/mol. The summed E-state index contributed by atoms with van der Waals surface area (Å²) >= 11 is 3.04. The molecule has 0 aliphatic heterocycles. The molecule has 2 unspecified atom stereocenters. The maximum absolute atomic E-state index is 12.4. The highest BCUT2D eigenvalue weighted by molar-refractivity contribution is 9.10. The average Bonchev–Trinajstić information content (AvgIpc) is 2.37. The predicted octanol–water partition coefficient (Wildman–Crippen LogP) is 2.72. The number of aliphatic hydroxyl groups excluding tert-OH is 1. The zero-order valence-corrected chi connectivity index (χ0v) is 12.4. The molecule has 2 atom stereocenters. The van der Waals surface area contributed by atoms with E-state index in [0.717, 1.165) is 4.90 Å². The van der Waals surface area contributed by atoms with Crippen LogP contribution in [0.3, 0.4) is 0 Å². The van der Waals surface area contributed by atoms with Crippen molar-refractivity contribution in [3.05, 3.63) is 35.9 Å². The van der Waals surface area contributed by atoms with Crippen molar-refractivity contribution in [1.29, 1.82) is 0 Å². The molecule has 0 heterocycles. The van der Waals surface area contributed by atoms with Crippen LogP contribution >= 0.6 is 15.9 Å². The molecule has 0 bridgehead atoms. The van der Waals surface area contributed by atoms with E-state index in [1.807, 2.05) is 0 Å². The van der Waals surface area contributed by atoms with Crippen LogP contribution in [0.1, 0.15) is 12.5 Å². The van der Waals surface area contributed by atoms with Crippen LogP contribution in [0.2, 0.25) is 0 Å². The number of alkyl halides is 4. The number of hydrogen-bond donors (Lipinski definition) is 1. The minimum Gasteiger partial charge on any atom is -0.382 e. The first-order chi connectivity index (χ1) is 9.21. The smallest absolute Gasteiger partial charge is 0.382 e. The molecule has 1 amide bonds. The highest BCUT2D eigenvalue weighted by Crippen LogP contribution is 2.22. The van der Waals surface area contributed by atoms with E-state index < -0.39 is 29.6 Å². The van der Waals surface area contributed by atoms with Crippen molar-refractivity contribution in [2.45, 2.75) is 30.6 Å². The molecule has 112 valence electrons. The Balaban J connectivity index is 2.84. The van der Waals surface area contributed by atoms with Crippen molar-refractivity contribution < 1.29 is 23.1 Å². The number of rotatable bonds is 5. The van der Waals surface area contributed by atoms with E-state index in [-0.39, 0.29) is 6.54 Å². The van der Waals surface area contributed by atoms with Gasteiger partial charge in [0.15, 0.2) is 6.10 Å². The first-order valence-electron chi connectivity index (χ1n) is 5.93. The SMILES string of the molecule is CC(Br)C(=O)N(Cc1ccccc1)CC(O)C(F)(F)F. The zero-order valence-electron chi connectivity index (χ0n) is 10.8. The maximum Gasteiger partial charge on any atom is 0.416 e. The van der Waals surface area contributed by atoms with E-state index in [1.54, 1.807) is 30.3 Å². The Morgan fingerprint density at radius 2 is 1.90 bits per heavy atom. The van der Waals surface area contributed by atoms with Crippen LogP contribution in [-0.4, -0.2) is 39.6 Å². The molecule has 1 rings (SSSR count). The Hall–Kier alpha value is -1.08. The van der Waals surface area contributed by atoms with Crippen molar-refractivity contribution in [3.8, 4) is 0 Å². The molecule has 0 saturated heterocycles. The molecule has 1 N–H and O–H groups in total. The van der Waals surface area contributed by atoms with Crippen LogP contribution in [0, 0.1) is 0 Å². The van der Waals surface area contributed by atoms with E-state index in [1.165, 1.54) is 6.92 Å². The molecule has 0 spiro atoms. The lowest BCUT2D eigenvalue weighted by atomic mass is 10.2. The molecule has 0 saturated carbocycles. The summed E-state index contributed by atoms with van der Waals surface area (Å²) in [5.74, 6) is -0.503. The van der Waals surface area contributed by atoms with Gasteiger partial charge >= 0.3 is 6.18 Å². The Kier molecular flexibility index (Phi) is 6.01.